The molecule has 1 aliphatic rings. The summed E-state index contributed by atoms with van der Waals surface area (Å²) in [4.78, 5) is 20.8. The molecule has 1 aliphatic heterocycles. The highest BCUT2D eigenvalue weighted by Gasteiger charge is 2.20. The molecule has 0 bridgehead atoms. The second-order valence-electron chi connectivity index (χ2n) is 7.02. The number of hydrogen-bond donors (Lipinski definition) is 3. The van der Waals surface area contributed by atoms with E-state index in [1.165, 1.54) is 36.7 Å². The van der Waals surface area contributed by atoms with E-state index in [1.807, 2.05) is 0 Å². The summed E-state index contributed by atoms with van der Waals surface area (Å²) < 4.78 is 24.9. The number of nitrogens with zero attached hydrogens (tertiary/aromatic N) is 2. The van der Waals surface area contributed by atoms with E-state index in [0.717, 1.165) is 6.42 Å². The first kappa shape index (κ1) is 21.9. The Morgan fingerprint density at radius 2 is 2.22 bits per heavy atom. The molecule has 3 N–H and O–H groups in total. The van der Waals surface area contributed by atoms with Gasteiger partial charge >= 0.3 is 0 Å². The van der Waals surface area contributed by atoms with E-state index < -0.39 is 11.7 Å². The van der Waals surface area contributed by atoms with Crippen LogP contribution in [0.4, 0.5) is 21.6 Å². The van der Waals surface area contributed by atoms with E-state index in [0.29, 0.717) is 47.1 Å². The largest absolute Gasteiger partial charge is 0.486 e. The van der Waals surface area contributed by atoms with Crippen LogP contribution in [0.3, 0.4) is 0 Å². The lowest BCUT2D eigenvalue weighted by Gasteiger charge is -2.17. The van der Waals surface area contributed by atoms with Crippen LogP contribution >= 0.6 is 11.6 Å². The number of aliphatic hydroxyl groups excluding tert-OH is 1. The molecule has 166 valence electrons. The number of amides is 1. The molecule has 0 saturated carbocycles. The van der Waals surface area contributed by atoms with Crippen LogP contribution in [0.5, 0.6) is 5.75 Å². The van der Waals surface area contributed by atoms with Gasteiger partial charge in [-0.2, -0.15) is 0 Å². The van der Waals surface area contributed by atoms with Crippen molar-refractivity contribution in [1.29, 1.82) is 0 Å². The first-order valence-electron chi connectivity index (χ1n) is 9.87. The number of fused-ring (bicyclic) bond motifs is 1. The molecule has 8 nitrogen and oxygen atoms in total. The second-order valence-corrected chi connectivity index (χ2v) is 7.43. The van der Waals surface area contributed by atoms with Crippen molar-refractivity contribution in [2.75, 3.05) is 30.5 Å². The fourth-order valence-corrected chi connectivity index (χ4v) is 3.39. The number of benzene rings is 2. The Morgan fingerprint density at radius 3 is 2.97 bits per heavy atom. The molecule has 3 aromatic rings. The topological polar surface area (TPSA) is 106 Å². The average Bonchev–Trinajstić information content (AvgIpc) is 3.29. The SMILES string of the molecule is O=C(/C=C/CO)Nc1cc2c(Nc3ccc(F)c(Cl)c3)ncnc2cc1OC1CCOC1. The van der Waals surface area contributed by atoms with Crippen molar-refractivity contribution >= 4 is 45.6 Å². The predicted octanol–water partition coefficient (Wildman–Crippen LogP) is 3.82. The van der Waals surface area contributed by atoms with Gasteiger partial charge in [0.05, 0.1) is 36.0 Å². The first-order valence-corrected chi connectivity index (χ1v) is 10.2. The van der Waals surface area contributed by atoms with E-state index in [4.69, 9.17) is 26.2 Å². The highest BCUT2D eigenvalue weighted by molar-refractivity contribution is 6.31. The third-order valence-electron chi connectivity index (χ3n) is 4.73. The van der Waals surface area contributed by atoms with Crippen LogP contribution in [0, 0.1) is 5.82 Å². The van der Waals surface area contributed by atoms with Gasteiger partial charge in [0.15, 0.2) is 0 Å². The summed E-state index contributed by atoms with van der Waals surface area (Å²) in [6.07, 6.45) is 4.54. The van der Waals surface area contributed by atoms with Crippen molar-refractivity contribution in [3.63, 3.8) is 0 Å². The molecule has 1 saturated heterocycles. The number of hydrogen-bond acceptors (Lipinski definition) is 7. The van der Waals surface area contributed by atoms with Crippen LogP contribution in [0.2, 0.25) is 5.02 Å². The van der Waals surface area contributed by atoms with Gasteiger partial charge in [-0.3, -0.25) is 4.79 Å². The zero-order valence-electron chi connectivity index (χ0n) is 16.8. The molecule has 1 aromatic heterocycles. The maximum absolute atomic E-state index is 13.5. The van der Waals surface area contributed by atoms with Gasteiger partial charge in [-0.25, -0.2) is 14.4 Å². The van der Waals surface area contributed by atoms with Crippen molar-refractivity contribution in [3.8, 4) is 5.75 Å². The highest BCUT2D eigenvalue weighted by Crippen LogP contribution is 2.35. The monoisotopic (exact) mass is 458 g/mol. The maximum Gasteiger partial charge on any atom is 0.248 e. The van der Waals surface area contributed by atoms with Crippen LogP contribution in [0.25, 0.3) is 10.9 Å². The van der Waals surface area contributed by atoms with E-state index in [2.05, 4.69) is 20.6 Å². The zero-order valence-corrected chi connectivity index (χ0v) is 17.6. The van der Waals surface area contributed by atoms with Crippen LogP contribution < -0.4 is 15.4 Å². The Hall–Kier alpha value is -3.27. The number of carbonyl (C=O) groups is 1. The number of anilines is 3. The molecule has 1 fully saturated rings. The number of nitrogens with one attached hydrogen (secondary N) is 2. The lowest BCUT2D eigenvalue weighted by atomic mass is 10.1. The normalized spacial score (nSPS) is 15.9. The van der Waals surface area contributed by atoms with Crippen molar-refractivity contribution in [3.05, 3.63) is 59.7 Å². The maximum atomic E-state index is 13.5. The Morgan fingerprint density at radius 1 is 1.34 bits per heavy atom. The fourth-order valence-electron chi connectivity index (χ4n) is 3.21. The minimum atomic E-state index is -0.525. The third kappa shape index (κ3) is 5.13. The smallest absolute Gasteiger partial charge is 0.248 e. The minimum Gasteiger partial charge on any atom is -0.486 e. The molecule has 10 heteroatoms. The molecule has 1 unspecified atom stereocenters. The highest BCUT2D eigenvalue weighted by atomic mass is 35.5. The van der Waals surface area contributed by atoms with Gasteiger partial charge in [0.1, 0.15) is 29.8 Å². The molecular formula is C22H20ClFN4O4. The van der Waals surface area contributed by atoms with E-state index in [-0.39, 0.29) is 17.7 Å². The van der Waals surface area contributed by atoms with Gasteiger partial charge in [0, 0.05) is 29.6 Å². The first-order chi connectivity index (χ1) is 15.5. The van der Waals surface area contributed by atoms with Crippen molar-refractivity contribution < 1.29 is 23.8 Å². The van der Waals surface area contributed by atoms with Crippen LogP contribution in [0.1, 0.15) is 6.42 Å². The zero-order chi connectivity index (χ0) is 22.5. The number of aromatic nitrogens is 2. The summed E-state index contributed by atoms with van der Waals surface area (Å²) in [5, 5.41) is 15.4. The van der Waals surface area contributed by atoms with Gasteiger partial charge in [0.25, 0.3) is 0 Å². The summed E-state index contributed by atoms with van der Waals surface area (Å²) in [6.45, 7) is 0.809. The molecule has 2 heterocycles. The van der Waals surface area contributed by atoms with Gasteiger partial charge in [-0.1, -0.05) is 17.7 Å². The molecule has 2 aromatic carbocycles. The molecular weight excluding hydrogens is 439 g/mol. The lowest BCUT2D eigenvalue weighted by Crippen LogP contribution is -2.18. The summed E-state index contributed by atoms with van der Waals surface area (Å²) >= 11 is 5.88. The Bertz CT molecular complexity index is 1170. The van der Waals surface area contributed by atoms with Crippen LogP contribution in [-0.2, 0) is 9.53 Å². The van der Waals surface area contributed by atoms with Crippen molar-refractivity contribution in [2.24, 2.45) is 0 Å². The van der Waals surface area contributed by atoms with Crippen molar-refractivity contribution in [2.45, 2.75) is 12.5 Å². The van der Waals surface area contributed by atoms with Gasteiger partial charge in [0.2, 0.25) is 5.91 Å². The van der Waals surface area contributed by atoms with Crippen molar-refractivity contribution in [1.82, 2.24) is 9.97 Å². The standard InChI is InChI=1S/C22H20ClFN4O4/c23-16-8-13(3-4-17(16)24)27-22-15-9-19(28-21(30)2-1-6-29)20(10-18(15)25-12-26-22)32-14-5-7-31-11-14/h1-4,8-10,12,14,29H,5-7,11H2,(H,28,30)(H,25,26,27)/b2-1+. The minimum absolute atomic E-state index is 0.0218. The van der Waals surface area contributed by atoms with Gasteiger partial charge < -0.3 is 25.2 Å². The fraction of sp³-hybridized carbons (Fsp3) is 0.227. The second kappa shape index (κ2) is 9.90. The molecule has 1 amide bonds. The predicted molar refractivity (Wildman–Crippen MR) is 119 cm³/mol. The third-order valence-corrected chi connectivity index (χ3v) is 5.02. The number of aliphatic hydroxyl groups is 1. The number of halogens is 2. The van der Waals surface area contributed by atoms with E-state index >= 15 is 0 Å². The molecule has 4 rings (SSSR count). The molecule has 0 spiro atoms. The van der Waals surface area contributed by atoms with Gasteiger partial charge in [-0.05, 0) is 24.3 Å². The molecule has 0 radical (unpaired) electrons. The quantitative estimate of drug-likeness (QED) is 0.462. The van der Waals surface area contributed by atoms with Crippen LogP contribution in [0.15, 0.2) is 48.8 Å². The van der Waals surface area contributed by atoms with Gasteiger partial charge in [-0.15, -0.1) is 0 Å². The Balaban J connectivity index is 1.72. The molecule has 1 atom stereocenters. The number of rotatable bonds is 7. The summed E-state index contributed by atoms with van der Waals surface area (Å²) in [7, 11) is 0. The Kier molecular flexibility index (Phi) is 6.79. The molecule has 32 heavy (non-hydrogen) atoms. The summed E-state index contributed by atoms with van der Waals surface area (Å²) in [6, 6.07) is 7.64. The molecule has 0 aliphatic carbocycles. The average molecular weight is 459 g/mol. The van der Waals surface area contributed by atoms with E-state index in [9.17, 15) is 9.18 Å². The van der Waals surface area contributed by atoms with Crippen LogP contribution in [-0.4, -0.2) is 46.9 Å². The Labute approximate surface area is 188 Å². The number of carbonyl (C=O) groups excluding carboxylic acids is 1. The summed E-state index contributed by atoms with van der Waals surface area (Å²) in [5.74, 6) is -0.0750. The van der Waals surface area contributed by atoms with E-state index in [1.54, 1.807) is 12.1 Å². The lowest BCUT2D eigenvalue weighted by molar-refractivity contribution is -0.112. The number of ether oxygens (including phenoxy) is 2. The summed E-state index contributed by atoms with van der Waals surface area (Å²) in [5.41, 5.74) is 1.52.